The van der Waals surface area contributed by atoms with E-state index in [1.807, 2.05) is 0 Å². The van der Waals surface area contributed by atoms with E-state index in [1.54, 1.807) is 13.8 Å². The quantitative estimate of drug-likeness (QED) is 0.234. The highest BCUT2D eigenvalue weighted by molar-refractivity contribution is 7.15. The molecule has 1 aliphatic rings. The van der Waals surface area contributed by atoms with E-state index in [4.69, 9.17) is 16.3 Å². The Balaban J connectivity index is 2.04. The molecule has 0 bridgehead atoms. The average Bonchev–Trinajstić information content (AvgIpc) is 3.36. The highest BCUT2D eigenvalue weighted by Crippen LogP contribution is 2.38. The lowest BCUT2D eigenvalue weighted by Gasteiger charge is -2.05. The van der Waals surface area contributed by atoms with Gasteiger partial charge < -0.3 is 4.74 Å². The van der Waals surface area contributed by atoms with Gasteiger partial charge in [-0.2, -0.15) is 9.36 Å². The lowest BCUT2D eigenvalue weighted by atomic mass is 10.0. The molecule has 1 saturated carbocycles. The van der Waals surface area contributed by atoms with Crippen LogP contribution in [0.15, 0.2) is 16.6 Å². The number of hydrogen-bond donors (Lipinski definition) is 0. The number of thiophene rings is 1. The Kier molecular flexibility index (Phi) is 5.10. The van der Waals surface area contributed by atoms with Gasteiger partial charge in [0.2, 0.25) is 5.78 Å². The Morgan fingerprint density at radius 1 is 1.38 bits per heavy atom. The molecule has 0 N–H and O–H groups in total. The number of carbonyl (C=O) groups is 2. The van der Waals surface area contributed by atoms with Crippen molar-refractivity contribution in [2.45, 2.75) is 26.7 Å². The Morgan fingerprint density at radius 3 is 2.62 bits per heavy atom. The number of allylic oxidation sites excluding steroid dienone is 1. The van der Waals surface area contributed by atoms with Crippen LogP contribution in [-0.2, 0) is 16.6 Å². The first-order valence-electron chi connectivity index (χ1n) is 8.05. The predicted molar refractivity (Wildman–Crippen MR) is 96.0 cm³/mol. The number of Topliss-reactive ketones (excluding diaryl/α,β-unsaturated/α-hetero) is 2. The molecular weight excluding hydrogens is 380 g/mol. The highest BCUT2D eigenvalue weighted by Gasteiger charge is 2.36. The summed E-state index contributed by atoms with van der Waals surface area (Å²) in [7, 11) is 1.46. The average molecular weight is 397 g/mol. The van der Waals surface area contributed by atoms with Crippen molar-refractivity contribution >= 4 is 34.5 Å². The SMILES string of the molecule is CCOC=C(C(=O)c1sc(C)c(-n2nnn(C)c2=O)c1Cl)C(=O)C1CC1. The molecule has 0 amide bonds. The van der Waals surface area contributed by atoms with Crippen molar-refractivity contribution in [3.63, 3.8) is 0 Å². The fraction of sp³-hybridized carbons (Fsp3) is 0.438. The van der Waals surface area contributed by atoms with Crippen molar-refractivity contribution in [2.75, 3.05) is 6.61 Å². The van der Waals surface area contributed by atoms with Gasteiger partial charge in [0.15, 0.2) is 5.78 Å². The molecule has 0 aliphatic heterocycles. The maximum absolute atomic E-state index is 13.0. The third kappa shape index (κ3) is 3.24. The van der Waals surface area contributed by atoms with Gasteiger partial charge in [-0.25, -0.2) is 4.79 Å². The molecular formula is C16H17ClN4O4S. The fourth-order valence-corrected chi connectivity index (χ4v) is 3.89. The second kappa shape index (κ2) is 7.16. The van der Waals surface area contributed by atoms with Gasteiger partial charge in [0.05, 0.1) is 22.8 Å². The van der Waals surface area contributed by atoms with E-state index in [2.05, 4.69) is 10.4 Å². The first-order chi connectivity index (χ1) is 12.4. The summed E-state index contributed by atoms with van der Waals surface area (Å²) in [5, 5.41) is 7.50. The van der Waals surface area contributed by atoms with E-state index < -0.39 is 11.5 Å². The summed E-state index contributed by atoms with van der Waals surface area (Å²) in [4.78, 5) is 38.3. The molecule has 0 aromatic carbocycles. The lowest BCUT2D eigenvalue weighted by molar-refractivity contribution is -0.116. The zero-order valence-corrected chi connectivity index (χ0v) is 16.1. The minimum absolute atomic E-state index is 0.0180. The zero-order valence-electron chi connectivity index (χ0n) is 14.5. The molecule has 2 aromatic heterocycles. The number of ether oxygens (including phenoxy) is 1. The van der Waals surface area contributed by atoms with Crippen LogP contribution in [0.4, 0.5) is 0 Å². The Morgan fingerprint density at radius 2 is 2.08 bits per heavy atom. The van der Waals surface area contributed by atoms with E-state index in [1.165, 1.54) is 13.3 Å². The molecule has 10 heteroatoms. The maximum atomic E-state index is 13.0. The van der Waals surface area contributed by atoms with Gasteiger partial charge in [-0.3, -0.25) is 9.59 Å². The summed E-state index contributed by atoms with van der Waals surface area (Å²) < 4.78 is 7.30. The number of carbonyl (C=O) groups excluding carboxylic acids is 2. The fourth-order valence-electron chi connectivity index (χ4n) is 2.43. The third-order valence-corrected chi connectivity index (χ3v) is 5.53. The van der Waals surface area contributed by atoms with E-state index >= 15 is 0 Å². The molecule has 138 valence electrons. The molecule has 1 aliphatic carbocycles. The van der Waals surface area contributed by atoms with Gasteiger partial charge in [-0.15, -0.1) is 11.3 Å². The minimum atomic E-state index is -0.503. The first kappa shape index (κ1) is 18.5. The van der Waals surface area contributed by atoms with Crippen molar-refractivity contribution in [3.8, 4) is 5.69 Å². The predicted octanol–water partition coefficient (Wildman–Crippen LogP) is 2.07. The van der Waals surface area contributed by atoms with Crippen LogP contribution >= 0.6 is 22.9 Å². The van der Waals surface area contributed by atoms with Crippen LogP contribution in [0.2, 0.25) is 5.02 Å². The Bertz CT molecular complexity index is 968. The van der Waals surface area contributed by atoms with Gasteiger partial charge in [-0.1, -0.05) is 11.6 Å². The summed E-state index contributed by atoms with van der Waals surface area (Å²) in [5.41, 5.74) is -0.200. The topological polar surface area (TPSA) is 96.1 Å². The molecule has 0 saturated heterocycles. The van der Waals surface area contributed by atoms with Crippen LogP contribution in [0.1, 0.15) is 34.3 Å². The van der Waals surface area contributed by atoms with Crippen molar-refractivity contribution in [3.05, 3.63) is 37.1 Å². The first-order valence-corrected chi connectivity index (χ1v) is 9.25. The number of hydrogen-bond acceptors (Lipinski definition) is 7. The smallest absolute Gasteiger partial charge is 0.368 e. The van der Waals surface area contributed by atoms with Gasteiger partial charge in [0, 0.05) is 17.8 Å². The minimum Gasteiger partial charge on any atom is -0.501 e. The summed E-state index contributed by atoms with van der Waals surface area (Å²) in [6, 6.07) is 0. The largest absolute Gasteiger partial charge is 0.501 e. The lowest BCUT2D eigenvalue weighted by Crippen LogP contribution is -2.22. The molecule has 0 atom stereocenters. The number of halogens is 1. The number of tetrazole rings is 1. The monoisotopic (exact) mass is 396 g/mol. The van der Waals surface area contributed by atoms with Crippen LogP contribution in [0.25, 0.3) is 5.69 Å². The standard InChI is InChI=1S/C16H17ClN4O4S/c1-4-25-7-10(13(22)9-5-6-9)14(23)15-11(17)12(8(2)26-15)21-16(24)20(3)18-19-21/h7,9H,4-6H2,1-3H3. The van der Waals surface area contributed by atoms with Gasteiger partial charge in [0.1, 0.15) is 11.3 Å². The number of ketones is 2. The number of aryl methyl sites for hydroxylation is 2. The Hall–Kier alpha value is -2.26. The van der Waals surface area contributed by atoms with Crippen molar-refractivity contribution < 1.29 is 14.3 Å². The normalized spacial score (nSPS) is 14.5. The second-order valence-corrected chi connectivity index (χ2v) is 7.50. The van der Waals surface area contributed by atoms with Gasteiger partial charge in [0.25, 0.3) is 0 Å². The molecule has 0 radical (unpaired) electrons. The van der Waals surface area contributed by atoms with Crippen molar-refractivity contribution in [2.24, 2.45) is 13.0 Å². The highest BCUT2D eigenvalue weighted by atomic mass is 35.5. The zero-order chi connectivity index (χ0) is 19.0. The molecule has 3 rings (SSSR count). The van der Waals surface area contributed by atoms with Crippen molar-refractivity contribution in [1.82, 2.24) is 19.8 Å². The molecule has 1 fully saturated rings. The molecule has 2 heterocycles. The summed E-state index contributed by atoms with van der Waals surface area (Å²) >= 11 is 7.50. The van der Waals surface area contributed by atoms with Crippen LogP contribution in [0, 0.1) is 12.8 Å². The van der Waals surface area contributed by atoms with E-state index in [9.17, 15) is 14.4 Å². The van der Waals surface area contributed by atoms with E-state index in [0.717, 1.165) is 33.5 Å². The number of nitrogens with zero attached hydrogens (tertiary/aromatic N) is 4. The van der Waals surface area contributed by atoms with E-state index in [-0.39, 0.29) is 27.2 Å². The summed E-state index contributed by atoms with van der Waals surface area (Å²) in [5.74, 6) is -0.868. The van der Waals surface area contributed by atoms with E-state index in [0.29, 0.717) is 17.2 Å². The summed E-state index contributed by atoms with van der Waals surface area (Å²) in [6.07, 6.45) is 2.75. The molecule has 0 spiro atoms. The number of rotatable bonds is 7. The molecule has 0 unspecified atom stereocenters. The number of aromatic nitrogens is 4. The maximum Gasteiger partial charge on any atom is 0.368 e. The van der Waals surface area contributed by atoms with Gasteiger partial charge >= 0.3 is 5.69 Å². The second-order valence-electron chi connectivity index (χ2n) is 5.90. The van der Waals surface area contributed by atoms with Crippen LogP contribution in [-0.4, -0.2) is 38.0 Å². The summed E-state index contributed by atoms with van der Waals surface area (Å²) in [6.45, 7) is 3.83. The molecule has 26 heavy (non-hydrogen) atoms. The third-order valence-electron chi connectivity index (χ3n) is 3.96. The molecule has 8 nitrogen and oxygen atoms in total. The van der Waals surface area contributed by atoms with Crippen LogP contribution in [0.5, 0.6) is 0 Å². The van der Waals surface area contributed by atoms with Gasteiger partial charge in [-0.05, 0) is 37.1 Å². The van der Waals surface area contributed by atoms with Crippen LogP contribution in [0.3, 0.4) is 0 Å². The molecule has 2 aromatic rings. The van der Waals surface area contributed by atoms with Crippen molar-refractivity contribution in [1.29, 1.82) is 0 Å². The van der Waals surface area contributed by atoms with Crippen LogP contribution < -0.4 is 5.69 Å². The Labute approximate surface area is 158 Å².